The second-order valence-electron chi connectivity index (χ2n) is 3.30. The molecule has 1 aromatic carbocycles. The van der Waals surface area contributed by atoms with Crippen molar-refractivity contribution in [2.75, 3.05) is 7.11 Å². The molecule has 1 heterocycles. The number of benzene rings is 1. The third-order valence-corrected chi connectivity index (χ3v) is 2.40. The molecule has 5 nitrogen and oxygen atoms in total. The molecule has 94 valence electrons. The van der Waals surface area contributed by atoms with Crippen LogP contribution in [0.5, 0.6) is 11.8 Å². The minimum Gasteiger partial charge on any atom is -0.497 e. The summed E-state index contributed by atoms with van der Waals surface area (Å²) in [5.41, 5.74) is 0.919. The van der Waals surface area contributed by atoms with Gasteiger partial charge in [-0.15, -0.1) is 0 Å². The zero-order valence-corrected chi connectivity index (χ0v) is 10.9. The molecule has 0 atom stereocenters. The van der Waals surface area contributed by atoms with Crippen LogP contribution in [0.25, 0.3) is 0 Å². The minimum atomic E-state index is -0.00403. The Bertz CT molecular complexity index is 531. The highest BCUT2D eigenvalue weighted by Gasteiger charge is 2.05. The number of nitrogens with zero attached hydrogens (tertiary/aromatic N) is 3. The summed E-state index contributed by atoms with van der Waals surface area (Å²) in [6.45, 7) is 0.286. The molecule has 2 rings (SSSR count). The number of rotatable bonds is 4. The lowest BCUT2D eigenvalue weighted by Gasteiger charge is -2.06. The van der Waals surface area contributed by atoms with Crippen LogP contribution in [0, 0.1) is 0 Å². The first-order valence-electron chi connectivity index (χ1n) is 5.00. The highest BCUT2D eigenvalue weighted by molar-refractivity contribution is 6.31. The van der Waals surface area contributed by atoms with E-state index in [4.69, 9.17) is 32.7 Å². The third kappa shape index (κ3) is 3.45. The fourth-order valence-corrected chi connectivity index (χ4v) is 1.63. The predicted octanol–water partition coefficient (Wildman–Crippen LogP) is 2.77. The SMILES string of the molecule is COc1cccc(COc2nc(Cl)nc(Cl)n2)c1. The van der Waals surface area contributed by atoms with Crippen molar-refractivity contribution in [2.24, 2.45) is 0 Å². The molecule has 7 heteroatoms. The van der Waals surface area contributed by atoms with Crippen molar-refractivity contribution in [3.05, 3.63) is 40.4 Å². The van der Waals surface area contributed by atoms with E-state index < -0.39 is 0 Å². The first-order chi connectivity index (χ1) is 8.67. The summed E-state index contributed by atoms with van der Waals surface area (Å²) >= 11 is 11.3. The maximum atomic E-state index is 5.63. The monoisotopic (exact) mass is 285 g/mol. The molecule has 0 unspecified atom stereocenters. The highest BCUT2D eigenvalue weighted by atomic mass is 35.5. The summed E-state index contributed by atoms with van der Waals surface area (Å²) in [6, 6.07) is 7.55. The van der Waals surface area contributed by atoms with Crippen LogP contribution in [-0.4, -0.2) is 22.1 Å². The number of aromatic nitrogens is 3. The molecular weight excluding hydrogens is 277 g/mol. The van der Waals surface area contributed by atoms with Crippen LogP contribution in [0.3, 0.4) is 0 Å². The van der Waals surface area contributed by atoms with Crippen LogP contribution in [0.2, 0.25) is 10.6 Å². The van der Waals surface area contributed by atoms with E-state index in [0.29, 0.717) is 0 Å². The minimum absolute atomic E-state index is 0.00403. The Balaban J connectivity index is 2.06. The highest BCUT2D eigenvalue weighted by Crippen LogP contribution is 2.16. The van der Waals surface area contributed by atoms with Crippen molar-refractivity contribution in [3.63, 3.8) is 0 Å². The Morgan fingerprint density at radius 3 is 2.50 bits per heavy atom. The van der Waals surface area contributed by atoms with E-state index in [2.05, 4.69) is 15.0 Å². The van der Waals surface area contributed by atoms with Gasteiger partial charge < -0.3 is 9.47 Å². The molecule has 0 saturated heterocycles. The lowest BCUT2D eigenvalue weighted by Crippen LogP contribution is -2.01. The van der Waals surface area contributed by atoms with E-state index in [-0.39, 0.29) is 23.2 Å². The Morgan fingerprint density at radius 1 is 1.11 bits per heavy atom. The van der Waals surface area contributed by atoms with Gasteiger partial charge in [-0.2, -0.15) is 15.0 Å². The summed E-state index contributed by atoms with van der Waals surface area (Å²) in [6.07, 6.45) is 0. The van der Waals surface area contributed by atoms with Crippen LogP contribution in [0.15, 0.2) is 24.3 Å². The van der Waals surface area contributed by atoms with E-state index >= 15 is 0 Å². The largest absolute Gasteiger partial charge is 0.497 e. The van der Waals surface area contributed by atoms with Gasteiger partial charge in [0, 0.05) is 0 Å². The quantitative estimate of drug-likeness (QED) is 0.865. The third-order valence-electron chi connectivity index (χ3n) is 2.06. The van der Waals surface area contributed by atoms with Crippen molar-refractivity contribution in [1.29, 1.82) is 0 Å². The van der Waals surface area contributed by atoms with Crippen LogP contribution in [-0.2, 0) is 6.61 Å². The first-order valence-corrected chi connectivity index (χ1v) is 5.76. The number of halogens is 2. The van der Waals surface area contributed by atoms with Crippen molar-refractivity contribution in [2.45, 2.75) is 6.61 Å². The molecular formula is C11H9Cl2N3O2. The molecule has 0 bridgehead atoms. The Labute approximate surface area is 114 Å². The fourth-order valence-electron chi connectivity index (χ4n) is 1.28. The standard InChI is InChI=1S/C11H9Cl2N3O2/c1-17-8-4-2-3-7(5-8)6-18-11-15-9(12)14-10(13)16-11/h2-5H,6H2,1H3. The van der Waals surface area contributed by atoms with Gasteiger partial charge in [0.2, 0.25) is 10.6 Å². The summed E-state index contributed by atoms with van der Waals surface area (Å²) < 4.78 is 10.5. The maximum absolute atomic E-state index is 5.63. The van der Waals surface area contributed by atoms with E-state index in [0.717, 1.165) is 11.3 Å². The second kappa shape index (κ2) is 5.84. The number of methoxy groups -OCH3 is 1. The Hall–Kier alpha value is -1.59. The first kappa shape index (κ1) is 12.9. The summed E-state index contributed by atoms with van der Waals surface area (Å²) in [7, 11) is 1.60. The molecule has 0 aliphatic heterocycles. The van der Waals surface area contributed by atoms with Gasteiger partial charge in [0.1, 0.15) is 12.4 Å². The topological polar surface area (TPSA) is 57.1 Å². The number of hydrogen-bond donors (Lipinski definition) is 0. The molecule has 0 N–H and O–H groups in total. The molecule has 0 aliphatic rings. The van der Waals surface area contributed by atoms with Crippen molar-refractivity contribution in [1.82, 2.24) is 15.0 Å². The van der Waals surface area contributed by atoms with Gasteiger partial charge in [-0.3, -0.25) is 0 Å². The molecule has 0 amide bonds. The Kier molecular flexibility index (Phi) is 4.17. The molecule has 2 aromatic rings. The molecule has 0 spiro atoms. The normalized spacial score (nSPS) is 10.2. The average Bonchev–Trinajstić information content (AvgIpc) is 2.35. The summed E-state index contributed by atoms with van der Waals surface area (Å²) in [5, 5.41) is -0.00807. The van der Waals surface area contributed by atoms with Gasteiger partial charge >= 0.3 is 6.01 Å². The lowest BCUT2D eigenvalue weighted by atomic mass is 10.2. The van der Waals surface area contributed by atoms with Crippen molar-refractivity contribution >= 4 is 23.2 Å². The van der Waals surface area contributed by atoms with E-state index in [1.165, 1.54) is 0 Å². The van der Waals surface area contributed by atoms with Crippen LogP contribution in [0.4, 0.5) is 0 Å². The number of hydrogen-bond acceptors (Lipinski definition) is 5. The average molecular weight is 286 g/mol. The maximum Gasteiger partial charge on any atom is 0.322 e. The van der Waals surface area contributed by atoms with E-state index in [1.54, 1.807) is 7.11 Å². The van der Waals surface area contributed by atoms with Gasteiger partial charge in [0.25, 0.3) is 0 Å². The van der Waals surface area contributed by atoms with Gasteiger partial charge in [0.15, 0.2) is 0 Å². The van der Waals surface area contributed by atoms with Crippen LogP contribution in [0.1, 0.15) is 5.56 Å². The zero-order valence-electron chi connectivity index (χ0n) is 9.43. The molecule has 18 heavy (non-hydrogen) atoms. The van der Waals surface area contributed by atoms with Crippen molar-refractivity contribution in [3.8, 4) is 11.8 Å². The Morgan fingerprint density at radius 2 is 1.83 bits per heavy atom. The van der Waals surface area contributed by atoms with E-state index in [9.17, 15) is 0 Å². The molecule has 1 aromatic heterocycles. The summed E-state index contributed by atoms with van der Waals surface area (Å²) in [4.78, 5) is 11.2. The lowest BCUT2D eigenvalue weighted by molar-refractivity contribution is 0.279. The molecule has 0 radical (unpaired) electrons. The fraction of sp³-hybridized carbons (Fsp3) is 0.182. The van der Waals surface area contributed by atoms with Crippen LogP contribution < -0.4 is 9.47 Å². The molecule has 0 fully saturated rings. The second-order valence-corrected chi connectivity index (χ2v) is 3.97. The van der Waals surface area contributed by atoms with Gasteiger partial charge in [-0.1, -0.05) is 12.1 Å². The molecule has 0 aliphatic carbocycles. The summed E-state index contributed by atoms with van der Waals surface area (Å²) in [5.74, 6) is 0.753. The van der Waals surface area contributed by atoms with Gasteiger partial charge in [0.05, 0.1) is 7.11 Å². The number of ether oxygens (including phenoxy) is 2. The van der Waals surface area contributed by atoms with Gasteiger partial charge in [-0.05, 0) is 40.9 Å². The molecule has 0 saturated carbocycles. The van der Waals surface area contributed by atoms with E-state index in [1.807, 2.05) is 24.3 Å². The zero-order chi connectivity index (χ0) is 13.0. The smallest absolute Gasteiger partial charge is 0.322 e. The van der Waals surface area contributed by atoms with Gasteiger partial charge in [-0.25, -0.2) is 0 Å². The predicted molar refractivity (Wildman–Crippen MR) is 67.2 cm³/mol. The van der Waals surface area contributed by atoms with Crippen LogP contribution >= 0.6 is 23.2 Å². The van der Waals surface area contributed by atoms with Crippen molar-refractivity contribution < 1.29 is 9.47 Å².